The van der Waals surface area contributed by atoms with Crippen molar-refractivity contribution in [1.29, 1.82) is 0 Å². The maximum Gasteiger partial charge on any atom is 0.312 e. The molecule has 0 bridgehead atoms. The second-order valence-corrected chi connectivity index (χ2v) is 11.6. The topological polar surface area (TPSA) is 206 Å². The predicted octanol–water partition coefficient (Wildman–Crippen LogP) is 1.35. The molecule has 2 rings (SSSR count). The lowest BCUT2D eigenvalue weighted by Crippen LogP contribution is -2.56. The molecule has 1 aromatic rings. The number of nitrogens with zero attached hydrogens (tertiary/aromatic N) is 1. The normalized spacial score (nSPS) is 14.6. The third kappa shape index (κ3) is 12.0. The summed E-state index contributed by atoms with van der Waals surface area (Å²) >= 11 is 0. The van der Waals surface area contributed by atoms with Crippen molar-refractivity contribution in [1.82, 2.24) is 20.9 Å². The molecule has 6 N–H and O–H groups in total. The number of urea groups is 1. The first-order valence-corrected chi connectivity index (χ1v) is 14.9. The molecule has 3 atom stereocenters. The minimum atomic E-state index is -1.06. The molecule has 0 fully saturated rings. The number of amides is 7. The van der Waals surface area contributed by atoms with Crippen LogP contribution in [0, 0.1) is 17.8 Å². The number of ether oxygens (including phenoxy) is 1. The first kappa shape index (κ1) is 36.4. The monoisotopic (exact) mass is 628 g/mol. The van der Waals surface area contributed by atoms with Crippen LogP contribution >= 0.6 is 0 Å². The molecule has 14 heteroatoms. The van der Waals surface area contributed by atoms with Gasteiger partial charge in [0, 0.05) is 24.4 Å². The minimum Gasteiger partial charge on any atom is -0.461 e. The number of nitrogens with two attached hydrogens (primary N) is 1. The fourth-order valence-corrected chi connectivity index (χ4v) is 4.17. The van der Waals surface area contributed by atoms with Crippen LogP contribution in [0.15, 0.2) is 36.4 Å². The average Bonchev–Trinajstić information content (AvgIpc) is 3.29. The Balaban J connectivity index is 2.06. The first-order chi connectivity index (χ1) is 21.2. The van der Waals surface area contributed by atoms with Gasteiger partial charge in [0.15, 0.2) is 0 Å². The zero-order valence-corrected chi connectivity index (χ0v) is 26.4. The van der Waals surface area contributed by atoms with Crippen LogP contribution in [0.5, 0.6) is 0 Å². The SMILES string of the molecule is CC(C)C(C)C(=O)OCc1ccc(NC(=O)[C@@H](CCCCNC(N)=O)NC(=O)[C@H](NC(=O)CN2C(=O)C=CC2=O)C(C)C)cc1. The van der Waals surface area contributed by atoms with Gasteiger partial charge in [0.1, 0.15) is 25.2 Å². The van der Waals surface area contributed by atoms with Crippen molar-refractivity contribution in [2.45, 2.75) is 72.6 Å². The Hall–Kier alpha value is -4.75. The van der Waals surface area contributed by atoms with Gasteiger partial charge in [-0.15, -0.1) is 0 Å². The lowest BCUT2D eigenvalue weighted by molar-refractivity contribution is -0.150. The Morgan fingerprint density at radius 1 is 0.844 bits per heavy atom. The highest BCUT2D eigenvalue weighted by molar-refractivity contribution is 6.14. The number of carbonyl (C=O) groups excluding carboxylic acids is 7. The van der Waals surface area contributed by atoms with Crippen LogP contribution < -0.4 is 27.0 Å². The van der Waals surface area contributed by atoms with Gasteiger partial charge < -0.3 is 31.7 Å². The van der Waals surface area contributed by atoms with Crippen molar-refractivity contribution in [2.24, 2.45) is 23.5 Å². The summed E-state index contributed by atoms with van der Waals surface area (Å²) in [6, 6.07) is 3.97. The summed E-state index contributed by atoms with van der Waals surface area (Å²) in [5.74, 6) is -3.87. The molecule has 1 aliphatic heterocycles. The molecule has 0 saturated carbocycles. The standard InChI is InChI=1S/C31H44N6O8/c1-18(2)20(5)30(43)45-17-21-9-11-22(12-10-21)34-28(41)23(8-6-7-15-33-31(32)44)35-29(42)27(19(3)4)36-24(38)16-37-25(39)13-14-26(37)40/h9-14,18-20,23,27H,6-8,15-17H2,1-5H3,(H,34,41)(H,35,42)(H,36,38)(H3,32,33,44)/t20?,23-,27-/m1/s1. The Morgan fingerprint density at radius 3 is 2.02 bits per heavy atom. The van der Waals surface area contributed by atoms with Crippen LogP contribution in [0.25, 0.3) is 0 Å². The van der Waals surface area contributed by atoms with E-state index in [0.29, 0.717) is 18.5 Å². The summed E-state index contributed by atoms with van der Waals surface area (Å²) in [4.78, 5) is 86.8. The van der Waals surface area contributed by atoms with Crippen LogP contribution in [0.4, 0.5) is 10.5 Å². The number of primary amides is 1. The van der Waals surface area contributed by atoms with Crippen LogP contribution in [0.1, 0.15) is 59.4 Å². The third-order valence-electron chi connectivity index (χ3n) is 7.29. The molecule has 1 aromatic carbocycles. The van der Waals surface area contributed by atoms with Crippen molar-refractivity contribution < 1.29 is 38.3 Å². The van der Waals surface area contributed by atoms with Gasteiger partial charge in [-0.1, -0.05) is 46.8 Å². The average molecular weight is 629 g/mol. The zero-order chi connectivity index (χ0) is 33.7. The molecule has 246 valence electrons. The van der Waals surface area contributed by atoms with Crippen molar-refractivity contribution in [3.63, 3.8) is 0 Å². The molecule has 45 heavy (non-hydrogen) atoms. The zero-order valence-electron chi connectivity index (χ0n) is 26.4. The van der Waals surface area contributed by atoms with E-state index in [4.69, 9.17) is 10.5 Å². The smallest absolute Gasteiger partial charge is 0.312 e. The number of unbranched alkanes of at least 4 members (excludes halogenated alkanes) is 1. The number of rotatable bonds is 17. The summed E-state index contributed by atoms with van der Waals surface area (Å²) in [6.07, 6.45) is 3.26. The molecule has 0 aromatic heterocycles. The van der Waals surface area contributed by atoms with Gasteiger partial charge in [-0.25, -0.2) is 4.79 Å². The van der Waals surface area contributed by atoms with Crippen molar-refractivity contribution in [2.75, 3.05) is 18.4 Å². The van der Waals surface area contributed by atoms with E-state index in [1.165, 1.54) is 0 Å². The lowest BCUT2D eigenvalue weighted by atomic mass is 9.99. The first-order valence-electron chi connectivity index (χ1n) is 14.9. The van der Waals surface area contributed by atoms with E-state index >= 15 is 0 Å². The number of esters is 1. The molecule has 14 nitrogen and oxygen atoms in total. The molecule has 0 spiro atoms. The fourth-order valence-electron chi connectivity index (χ4n) is 4.17. The number of imide groups is 1. The molecule has 1 unspecified atom stereocenters. The van der Waals surface area contributed by atoms with Crippen LogP contribution in [-0.4, -0.2) is 71.6 Å². The molecule has 0 saturated heterocycles. The number of carbonyl (C=O) groups is 7. The number of hydrogen-bond donors (Lipinski definition) is 5. The largest absolute Gasteiger partial charge is 0.461 e. The van der Waals surface area contributed by atoms with Crippen LogP contribution in [0.3, 0.4) is 0 Å². The maximum atomic E-state index is 13.3. The Bertz CT molecular complexity index is 1260. The Morgan fingerprint density at radius 2 is 1.47 bits per heavy atom. The molecule has 1 aliphatic rings. The number of nitrogens with one attached hydrogen (secondary N) is 4. The lowest BCUT2D eigenvalue weighted by Gasteiger charge is -2.26. The van der Waals surface area contributed by atoms with Gasteiger partial charge in [0.2, 0.25) is 17.7 Å². The highest BCUT2D eigenvalue weighted by Gasteiger charge is 2.31. The third-order valence-corrected chi connectivity index (χ3v) is 7.29. The van der Waals surface area contributed by atoms with Gasteiger partial charge in [-0.2, -0.15) is 0 Å². The van der Waals surface area contributed by atoms with E-state index in [9.17, 15) is 33.6 Å². The molecule has 0 radical (unpaired) electrons. The molecule has 7 amide bonds. The highest BCUT2D eigenvalue weighted by Crippen LogP contribution is 2.16. The molecule has 1 heterocycles. The van der Waals surface area contributed by atoms with Gasteiger partial charge in [0.25, 0.3) is 11.8 Å². The van der Waals surface area contributed by atoms with E-state index in [2.05, 4.69) is 21.3 Å². The number of hydrogen-bond acceptors (Lipinski definition) is 8. The van der Waals surface area contributed by atoms with E-state index in [0.717, 1.165) is 22.6 Å². The fraction of sp³-hybridized carbons (Fsp3) is 0.516. The van der Waals surface area contributed by atoms with Gasteiger partial charge in [-0.3, -0.25) is 33.7 Å². The summed E-state index contributed by atoms with van der Waals surface area (Å²) in [6.45, 7) is 8.91. The molecular weight excluding hydrogens is 584 g/mol. The molecular formula is C31H44N6O8. The molecule has 0 aliphatic carbocycles. The quantitative estimate of drug-likeness (QED) is 0.0965. The maximum absolute atomic E-state index is 13.3. The van der Waals surface area contributed by atoms with Gasteiger partial charge >= 0.3 is 12.0 Å². The Kier molecular flexibility index (Phi) is 14.2. The second kappa shape index (κ2) is 17.5. The summed E-state index contributed by atoms with van der Waals surface area (Å²) in [5, 5.41) is 10.5. The summed E-state index contributed by atoms with van der Waals surface area (Å²) < 4.78 is 5.37. The number of anilines is 1. The van der Waals surface area contributed by atoms with E-state index < -0.39 is 60.1 Å². The minimum absolute atomic E-state index is 0.0844. The number of benzene rings is 1. The van der Waals surface area contributed by atoms with E-state index in [-0.39, 0.29) is 37.4 Å². The second-order valence-electron chi connectivity index (χ2n) is 11.6. The summed E-state index contributed by atoms with van der Waals surface area (Å²) in [7, 11) is 0. The summed E-state index contributed by atoms with van der Waals surface area (Å²) in [5.41, 5.74) is 6.27. The predicted molar refractivity (Wildman–Crippen MR) is 165 cm³/mol. The van der Waals surface area contributed by atoms with E-state index in [1.807, 2.05) is 20.8 Å². The van der Waals surface area contributed by atoms with Crippen molar-refractivity contribution in [3.05, 3.63) is 42.0 Å². The van der Waals surface area contributed by atoms with Gasteiger partial charge in [0.05, 0.1) is 5.92 Å². The van der Waals surface area contributed by atoms with Crippen LogP contribution in [0.2, 0.25) is 0 Å². The Labute approximate surface area is 262 Å². The highest BCUT2D eigenvalue weighted by atomic mass is 16.5. The van der Waals surface area contributed by atoms with Crippen molar-refractivity contribution in [3.8, 4) is 0 Å². The van der Waals surface area contributed by atoms with Gasteiger partial charge in [-0.05, 0) is 48.8 Å². The van der Waals surface area contributed by atoms with E-state index in [1.54, 1.807) is 38.1 Å². The van der Waals surface area contributed by atoms with Crippen molar-refractivity contribution >= 4 is 47.2 Å². The van der Waals surface area contributed by atoms with Crippen LogP contribution in [-0.2, 0) is 40.1 Å².